The maximum atomic E-state index is 11.9. The number of furan rings is 1. The molecule has 0 bridgehead atoms. The summed E-state index contributed by atoms with van der Waals surface area (Å²) in [5.41, 5.74) is 0.945. The van der Waals surface area contributed by atoms with Gasteiger partial charge >= 0.3 is 6.03 Å². The summed E-state index contributed by atoms with van der Waals surface area (Å²) in [4.78, 5) is 31.0. The molecule has 0 fully saturated rings. The van der Waals surface area contributed by atoms with Crippen LogP contribution in [0.25, 0.3) is 0 Å². The lowest BCUT2D eigenvalue weighted by Gasteiger charge is -2.25. The minimum Gasteiger partial charge on any atom is -0.459 e. The number of amides is 3. The Morgan fingerprint density at radius 2 is 2.36 bits per heavy atom. The number of anilines is 1. The van der Waals surface area contributed by atoms with Crippen LogP contribution in [0.15, 0.2) is 22.8 Å². The van der Waals surface area contributed by atoms with E-state index in [-0.39, 0.29) is 17.7 Å². The van der Waals surface area contributed by atoms with Crippen LogP contribution in [0.2, 0.25) is 0 Å². The second-order valence-electron chi connectivity index (χ2n) is 4.83. The number of aromatic nitrogens is 1. The van der Waals surface area contributed by atoms with Crippen molar-refractivity contribution in [3.05, 3.63) is 34.7 Å². The van der Waals surface area contributed by atoms with Crippen molar-refractivity contribution >= 4 is 28.4 Å². The first-order chi connectivity index (χ1) is 10.7. The van der Waals surface area contributed by atoms with Gasteiger partial charge in [-0.15, -0.1) is 0 Å². The third kappa shape index (κ3) is 2.96. The van der Waals surface area contributed by atoms with Gasteiger partial charge in [0.25, 0.3) is 5.91 Å². The lowest BCUT2D eigenvalue weighted by atomic mass is 10.2. The molecule has 3 amide bonds. The summed E-state index contributed by atoms with van der Waals surface area (Å²) in [7, 11) is 0. The number of carbonyl (C=O) groups excluding carboxylic acids is 2. The van der Waals surface area contributed by atoms with Crippen molar-refractivity contribution in [3.8, 4) is 0 Å². The molecule has 1 aliphatic heterocycles. The quantitative estimate of drug-likeness (QED) is 0.906. The van der Waals surface area contributed by atoms with E-state index in [4.69, 9.17) is 4.42 Å². The Bertz CT molecular complexity index is 680. The first-order valence-electron chi connectivity index (χ1n) is 7.03. The van der Waals surface area contributed by atoms with Crippen molar-refractivity contribution < 1.29 is 14.0 Å². The summed E-state index contributed by atoms with van der Waals surface area (Å²) in [5.74, 6) is -0.0752. The molecule has 8 heteroatoms. The summed E-state index contributed by atoms with van der Waals surface area (Å²) in [5, 5.41) is 6.05. The Labute approximate surface area is 131 Å². The number of nitrogens with one attached hydrogen (secondary N) is 2. The molecular weight excluding hydrogens is 304 g/mol. The Hall–Kier alpha value is -2.35. The average molecular weight is 320 g/mol. The zero-order valence-corrected chi connectivity index (χ0v) is 12.9. The summed E-state index contributed by atoms with van der Waals surface area (Å²) >= 11 is 1.39. The van der Waals surface area contributed by atoms with Crippen molar-refractivity contribution in [1.29, 1.82) is 0 Å². The van der Waals surface area contributed by atoms with Crippen LogP contribution in [0, 0.1) is 0 Å². The van der Waals surface area contributed by atoms with Crippen LogP contribution in [0.3, 0.4) is 0 Å². The van der Waals surface area contributed by atoms with Gasteiger partial charge in [-0.05, 0) is 19.1 Å². The van der Waals surface area contributed by atoms with Crippen LogP contribution < -0.4 is 10.6 Å². The van der Waals surface area contributed by atoms with Gasteiger partial charge < -0.3 is 14.6 Å². The zero-order chi connectivity index (χ0) is 15.5. The fourth-order valence-electron chi connectivity index (χ4n) is 2.25. The lowest BCUT2D eigenvalue weighted by molar-refractivity contribution is 0.0996. The highest BCUT2D eigenvalue weighted by Crippen LogP contribution is 2.28. The largest absolute Gasteiger partial charge is 0.459 e. The maximum Gasteiger partial charge on any atom is 0.317 e. The third-order valence-electron chi connectivity index (χ3n) is 3.31. The highest BCUT2D eigenvalue weighted by Gasteiger charge is 2.24. The number of hydrogen-bond donors (Lipinski definition) is 2. The molecule has 2 aromatic rings. The van der Waals surface area contributed by atoms with Crippen LogP contribution in [-0.4, -0.2) is 34.9 Å². The number of thiazole rings is 1. The van der Waals surface area contributed by atoms with Gasteiger partial charge in [0.1, 0.15) is 0 Å². The molecule has 2 N–H and O–H groups in total. The van der Waals surface area contributed by atoms with E-state index in [1.54, 1.807) is 17.0 Å². The summed E-state index contributed by atoms with van der Waals surface area (Å²) < 4.78 is 5.05. The monoisotopic (exact) mass is 320 g/mol. The fraction of sp³-hybridized carbons (Fsp3) is 0.357. The summed E-state index contributed by atoms with van der Waals surface area (Å²) in [6, 6.07) is 3.19. The SMILES string of the molecule is CCNC(=O)N1CCc2nc(NC(=O)c3ccco3)sc2C1. The van der Waals surface area contributed by atoms with Crippen molar-refractivity contribution in [3.63, 3.8) is 0 Å². The van der Waals surface area contributed by atoms with E-state index in [1.165, 1.54) is 17.6 Å². The zero-order valence-electron chi connectivity index (χ0n) is 12.1. The molecule has 3 rings (SSSR count). The first-order valence-corrected chi connectivity index (χ1v) is 7.85. The number of rotatable bonds is 3. The number of fused-ring (bicyclic) bond motifs is 1. The second kappa shape index (κ2) is 6.18. The molecule has 0 atom stereocenters. The van der Waals surface area contributed by atoms with E-state index in [9.17, 15) is 9.59 Å². The van der Waals surface area contributed by atoms with Crippen LogP contribution in [0.4, 0.5) is 9.93 Å². The lowest BCUT2D eigenvalue weighted by Crippen LogP contribution is -2.42. The van der Waals surface area contributed by atoms with E-state index >= 15 is 0 Å². The Kier molecular flexibility index (Phi) is 4.10. The number of hydrogen-bond acceptors (Lipinski definition) is 5. The minimum absolute atomic E-state index is 0.0669. The molecule has 0 aliphatic carbocycles. The predicted octanol–water partition coefficient (Wildman–Crippen LogP) is 2.08. The van der Waals surface area contributed by atoms with E-state index < -0.39 is 0 Å². The van der Waals surface area contributed by atoms with Crippen molar-refractivity contribution in [1.82, 2.24) is 15.2 Å². The molecule has 0 saturated heterocycles. The molecular formula is C14H16N4O3S. The molecule has 7 nitrogen and oxygen atoms in total. The molecule has 116 valence electrons. The molecule has 0 radical (unpaired) electrons. The van der Waals surface area contributed by atoms with E-state index in [0.29, 0.717) is 31.2 Å². The highest BCUT2D eigenvalue weighted by atomic mass is 32.1. The van der Waals surface area contributed by atoms with Gasteiger partial charge in [-0.1, -0.05) is 11.3 Å². The van der Waals surface area contributed by atoms with Gasteiger partial charge in [0.2, 0.25) is 0 Å². The normalized spacial score (nSPS) is 13.6. The van der Waals surface area contributed by atoms with Gasteiger partial charge in [-0.2, -0.15) is 0 Å². The van der Waals surface area contributed by atoms with E-state index in [2.05, 4.69) is 15.6 Å². The smallest absolute Gasteiger partial charge is 0.317 e. The van der Waals surface area contributed by atoms with Crippen LogP contribution in [0.1, 0.15) is 28.0 Å². The predicted molar refractivity (Wildman–Crippen MR) is 82.0 cm³/mol. The topological polar surface area (TPSA) is 87.5 Å². The Morgan fingerprint density at radius 3 is 3.09 bits per heavy atom. The molecule has 1 aliphatic rings. The third-order valence-corrected chi connectivity index (χ3v) is 4.31. The molecule has 0 saturated carbocycles. The van der Waals surface area contributed by atoms with Gasteiger partial charge in [0, 0.05) is 24.4 Å². The van der Waals surface area contributed by atoms with Gasteiger partial charge in [-0.3, -0.25) is 10.1 Å². The first kappa shape index (κ1) is 14.6. The van der Waals surface area contributed by atoms with Crippen molar-refractivity contribution in [2.24, 2.45) is 0 Å². The fourth-order valence-corrected chi connectivity index (χ4v) is 3.27. The Morgan fingerprint density at radius 1 is 1.50 bits per heavy atom. The van der Waals surface area contributed by atoms with Gasteiger partial charge in [-0.25, -0.2) is 9.78 Å². The number of carbonyl (C=O) groups is 2. The number of urea groups is 1. The van der Waals surface area contributed by atoms with Crippen molar-refractivity contribution in [2.45, 2.75) is 19.9 Å². The highest BCUT2D eigenvalue weighted by molar-refractivity contribution is 7.15. The van der Waals surface area contributed by atoms with Gasteiger partial charge in [0.15, 0.2) is 10.9 Å². The minimum atomic E-state index is -0.323. The molecule has 22 heavy (non-hydrogen) atoms. The van der Waals surface area contributed by atoms with Crippen LogP contribution in [0.5, 0.6) is 0 Å². The second-order valence-corrected chi connectivity index (χ2v) is 5.91. The summed E-state index contributed by atoms with van der Waals surface area (Å²) in [6.07, 6.45) is 2.14. The molecule has 0 aromatic carbocycles. The Balaban J connectivity index is 1.68. The number of nitrogens with zero attached hydrogens (tertiary/aromatic N) is 2. The van der Waals surface area contributed by atoms with Crippen LogP contribution in [-0.2, 0) is 13.0 Å². The molecule has 0 unspecified atom stereocenters. The van der Waals surface area contributed by atoms with Crippen LogP contribution >= 0.6 is 11.3 Å². The molecule has 2 aromatic heterocycles. The maximum absolute atomic E-state index is 11.9. The molecule has 3 heterocycles. The van der Waals surface area contributed by atoms with Crippen molar-refractivity contribution in [2.75, 3.05) is 18.4 Å². The van der Waals surface area contributed by atoms with E-state index in [1.807, 2.05) is 6.92 Å². The van der Waals surface area contributed by atoms with Gasteiger partial charge in [0.05, 0.1) is 18.5 Å². The summed E-state index contributed by atoms with van der Waals surface area (Å²) in [6.45, 7) is 3.65. The van der Waals surface area contributed by atoms with E-state index in [0.717, 1.165) is 10.6 Å². The standard InChI is InChI=1S/C14H16N4O3S/c1-2-15-14(20)18-6-5-9-11(8-18)22-13(16-9)17-12(19)10-4-3-7-21-10/h3-4,7H,2,5-6,8H2,1H3,(H,15,20)(H,16,17,19). The molecule has 0 spiro atoms. The average Bonchev–Trinajstić information content (AvgIpc) is 3.15.